The summed E-state index contributed by atoms with van der Waals surface area (Å²) >= 11 is 0. The molecule has 42 heavy (non-hydrogen) atoms. The number of amides is 1. The molecule has 0 radical (unpaired) electrons. The van der Waals surface area contributed by atoms with E-state index in [0.717, 1.165) is 43.0 Å². The molecular weight excluding hydrogens is 540 g/mol. The van der Waals surface area contributed by atoms with E-state index in [1.807, 2.05) is 11.9 Å². The fraction of sp³-hybridized carbons (Fsp3) is 0.581. The number of likely N-dealkylation sites (tertiary alicyclic amines) is 1. The molecule has 0 aliphatic carbocycles. The van der Waals surface area contributed by atoms with Gasteiger partial charge in [-0.25, -0.2) is 8.78 Å². The van der Waals surface area contributed by atoms with E-state index in [-0.39, 0.29) is 12.1 Å². The van der Waals surface area contributed by atoms with Crippen LogP contribution < -0.4 is 19.9 Å². The number of ether oxygens (including phenoxy) is 1. The number of halogens is 2. The number of nitrogens with one attached hydrogen (secondary N) is 1. The number of anilines is 3. The van der Waals surface area contributed by atoms with Crippen LogP contribution in [0.3, 0.4) is 0 Å². The molecule has 226 valence electrons. The van der Waals surface area contributed by atoms with Crippen LogP contribution >= 0.6 is 0 Å². The summed E-state index contributed by atoms with van der Waals surface area (Å²) < 4.78 is 34.4. The molecule has 0 bridgehead atoms. The minimum atomic E-state index is -1.24. The van der Waals surface area contributed by atoms with Gasteiger partial charge in [0.05, 0.1) is 12.2 Å². The predicted octanol–water partition coefficient (Wildman–Crippen LogP) is 3.57. The molecule has 4 aliphatic heterocycles. The number of hydrogen-bond donors (Lipinski definition) is 1. The van der Waals surface area contributed by atoms with E-state index in [2.05, 4.69) is 41.6 Å². The summed E-state index contributed by atoms with van der Waals surface area (Å²) in [7, 11) is 1.92. The molecule has 9 nitrogen and oxygen atoms in total. The second-order valence-corrected chi connectivity index (χ2v) is 12.5. The van der Waals surface area contributed by atoms with Gasteiger partial charge < -0.3 is 24.8 Å². The molecule has 2 fully saturated rings. The Balaban J connectivity index is 1.30. The summed E-state index contributed by atoms with van der Waals surface area (Å²) in [5, 5.41) is 3.53. The van der Waals surface area contributed by atoms with Crippen molar-refractivity contribution in [2.75, 3.05) is 74.6 Å². The maximum atomic E-state index is 14.7. The summed E-state index contributed by atoms with van der Waals surface area (Å²) in [4.78, 5) is 30.0. The van der Waals surface area contributed by atoms with Gasteiger partial charge in [-0.05, 0) is 57.9 Å². The first kappa shape index (κ1) is 28.6. The fourth-order valence-corrected chi connectivity index (χ4v) is 7.03. The van der Waals surface area contributed by atoms with E-state index in [1.54, 1.807) is 6.92 Å². The van der Waals surface area contributed by atoms with E-state index in [1.165, 1.54) is 33.0 Å². The van der Waals surface area contributed by atoms with Crippen LogP contribution in [0.2, 0.25) is 0 Å². The molecule has 2 aromatic rings. The molecular formula is C31H41F2N7O2. The third kappa shape index (κ3) is 5.39. The average Bonchev–Trinajstić information content (AvgIpc) is 3.52. The number of alkyl halides is 1. The van der Waals surface area contributed by atoms with Crippen molar-refractivity contribution >= 4 is 23.1 Å². The van der Waals surface area contributed by atoms with Gasteiger partial charge in [0.15, 0.2) is 5.83 Å². The third-order valence-corrected chi connectivity index (χ3v) is 9.31. The summed E-state index contributed by atoms with van der Waals surface area (Å²) in [6.07, 6.45) is 2.17. The number of rotatable bonds is 6. The van der Waals surface area contributed by atoms with Gasteiger partial charge >= 0.3 is 6.01 Å². The molecule has 11 heteroatoms. The molecule has 4 aliphatic rings. The quantitative estimate of drug-likeness (QED) is 0.519. The van der Waals surface area contributed by atoms with E-state index >= 15 is 0 Å². The predicted molar refractivity (Wildman–Crippen MR) is 160 cm³/mol. The molecule has 1 unspecified atom stereocenters. The summed E-state index contributed by atoms with van der Waals surface area (Å²) in [6.45, 7) is 14.0. The standard InChI is InChI=1S/C31H41F2N7O2/c1-19-14-25-23(6-8-34-25)27(20(19)2)40-9-7-24-26(16-40)35-30(42-17-22-15-31(4,33)18-37(22)5)36-28(24)38-10-12-39(13-11-38)29(41)21(3)32/h14,22,34H,3,6-13,15-18H2,1-2,4-5H3/t22-,31?/m0/s1. The highest BCUT2D eigenvalue weighted by Crippen LogP contribution is 2.40. The van der Waals surface area contributed by atoms with Gasteiger partial charge in [-0.1, -0.05) is 6.58 Å². The van der Waals surface area contributed by atoms with Crippen molar-refractivity contribution in [1.82, 2.24) is 19.8 Å². The molecule has 0 spiro atoms. The number of aryl methyl sites for hydroxylation is 1. The van der Waals surface area contributed by atoms with Crippen molar-refractivity contribution < 1.29 is 18.3 Å². The summed E-state index contributed by atoms with van der Waals surface area (Å²) in [5.41, 5.74) is 7.19. The van der Waals surface area contributed by atoms with Gasteiger partial charge in [0, 0.05) is 80.8 Å². The topological polar surface area (TPSA) is 77.1 Å². The average molecular weight is 582 g/mol. The Morgan fingerprint density at radius 1 is 1.14 bits per heavy atom. The zero-order valence-electron chi connectivity index (χ0n) is 25.1. The SMILES string of the molecule is C=C(F)C(=O)N1CCN(c2nc(OC[C@@H]3CC(C)(F)CN3C)nc3c2CCN(c2c(C)c(C)cc4c2CCN4)C3)CC1. The van der Waals surface area contributed by atoms with Crippen molar-refractivity contribution in [3.63, 3.8) is 0 Å². The normalized spacial score (nSPS) is 24.0. The Morgan fingerprint density at radius 2 is 1.90 bits per heavy atom. The molecule has 5 heterocycles. The Morgan fingerprint density at radius 3 is 2.60 bits per heavy atom. The molecule has 2 saturated heterocycles. The molecule has 1 aromatic heterocycles. The van der Waals surface area contributed by atoms with Crippen LogP contribution in [0, 0.1) is 13.8 Å². The van der Waals surface area contributed by atoms with Gasteiger partial charge in [0.1, 0.15) is 18.1 Å². The lowest BCUT2D eigenvalue weighted by molar-refractivity contribution is -0.128. The zero-order valence-corrected chi connectivity index (χ0v) is 25.1. The number of aromatic nitrogens is 2. The smallest absolute Gasteiger partial charge is 0.318 e. The first-order chi connectivity index (χ1) is 20.0. The Hall–Kier alpha value is -3.47. The third-order valence-electron chi connectivity index (χ3n) is 9.31. The summed E-state index contributed by atoms with van der Waals surface area (Å²) in [6, 6.07) is 2.47. The number of fused-ring (bicyclic) bond motifs is 2. The highest BCUT2D eigenvalue weighted by Gasteiger charge is 2.39. The molecule has 1 amide bonds. The first-order valence-electron chi connectivity index (χ1n) is 14.9. The lowest BCUT2D eigenvalue weighted by Gasteiger charge is -2.38. The summed E-state index contributed by atoms with van der Waals surface area (Å²) in [5.74, 6) is -0.785. The van der Waals surface area contributed by atoms with E-state index < -0.39 is 17.4 Å². The van der Waals surface area contributed by atoms with Crippen LogP contribution in [0.25, 0.3) is 0 Å². The highest BCUT2D eigenvalue weighted by molar-refractivity contribution is 5.90. The lowest BCUT2D eigenvalue weighted by atomic mass is 9.96. The Kier molecular flexibility index (Phi) is 7.49. The van der Waals surface area contributed by atoms with Crippen LogP contribution in [0.1, 0.15) is 41.3 Å². The fourth-order valence-electron chi connectivity index (χ4n) is 7.03. The molecule has 0 saturated carbocycles. The number of piperazine rings is 1. The largest absolute Gasteiger partial charge is 0.462 e. The van der Waals surface area contributed by atoms with Crippen LogP contribution in [-0.2, 0) is 24.2 Å². The van der Waals surface area contributed by atoms with Crippen LogP contribution in [0.5, 0.6) is 6.01 Å². The maximum absolute atomic E-state index is 14.7. The van der Waals surface area contributed by atoms with Gasteiger partial charge in [-0.3, -0.25) is 9.69 Å². The highest BCUT2D eigenvalue weighted by atomic mass is 19.1. The monoisotopic (exact) mass is 581 g/mol. The number of benzene rings is 1. The number of likely N-dealkylation sites (N-methyl/N-ethyl adjacent to an activating group) is 1. The van der Waals surface area contributed by atoms with Crippen molar-refractivity contribution in [3.05, 3.63) is 46.4 Å². The number of hydrogen-bond acceptors (Lipinski definition) is 8. The second-order valence-electron chi connectivity index (χ2n) is 12.5. The van der Waals surface area contributed by atoms with E-state index in [0.29, 0.717) is 52.3 Å². The molecule has 1 N–H and O–H groups in total. The van der Waals surface area contributed by atoms with E-state index in [9.17, 15) is 13.6 Å². The van der Waals surface area contributed by atoms with Gasteiger partial charge in [-0.15, -0.1) is 0 Å². The molecule has 6 rings (SSSR count). The van der Waals surface area contributed by atoms with Gasteiger partial charge in [0.2, 0.25) is 0 Å². The molecule has 1 aromatic carbocycles. The Bertz CT molecular complexity index is 1410. The van der Waals surface area contributed by atoms with Gasteiger partial charge in [0.25, 0.3) is 5.91 Å². The maximum Gasteiger partial charge on any atom is 0.318 e. The van der Waals surface area contributed by atoms with E-state index in [4.69, 9.17) is 14.7 Å². The van der Waals surface area contributed by atoms with Crippen molar-refractivity contribution in [2.24, 2.45) is 0 Å². The first-order valence-corrected chi connectivity index (χ1v) is 14.9. The second kappa shape index (κ2) is 11.0. The van der Waals surface area contributed by atoms with Crippen LogP contribution in [0.4, 0.5) is 26.0 Å². The van der Waals surface area contributed by atoms with Crippen LogP contribution in [0.15, 0.2) is 18.5 Å². The minimum absolute atomic E-state index is 0.0621. The lowest BCUT2D eigenvalue weighted by Crippen LogP contribution is -2.49. The number of carbonyl (C=O) groups excluding carboxylic acids is 1. The van der Waals surface area contributed by atoms with Crippen molar-refractivity contribution in [3.8, 4) is 6.01 Å². The molecule has 2 atom stereocenters. The minimum Gasteiger partial charge on any atom is -0.462 e. The Labute approximate surface area is 246 Å². The van der Waals surface area contributed by atoms with Gasteiger partial charge in [-0.2, -0.15) is 9.97 Å². The number of carbonyl (C=O) groups is 1. The van der Waals surface area contributed by atoms with Crippen molar-refractivity contribution in [1.29, 1.82) is 0 Å². The number of nitrogens with zero attached hydrogens (tertiary/aromatic N) is 6. The van der Waals surface area contributed by atoms with Crippen LogP contribution in [-0.4, -0.2) is 96.9 Å². The zero-order chi connectivity index (χ0) is 29.8. The van der Waals surface area contributed by atoms with Crippen molar-refractivity contribution in [2.45, 2.75) is 58.3 Å².